The Morgan fingerprint density at radius 3 is 2.60 bits per heavy atom. The number of unbranched alkanes of at least 4 members (excludes halogenated alkanes) is 3. The Labute approximate surface area is 147 Å². The van der Waals surface area contributed by atoms with Gasteiger partial charge in [0, 0.05) is 17.6 Å². The van der Waals surface area contributed by atoms with Crippen LogP contribution in [0.2, 0.25) is 0 Å². The van der Waals surface area contributed by atoms with Gasteiger partial charge in [-0.25, -0.2) is 5.43 Å². The largest absolute Gasteiger partial charge is 0.506 e. The van der Waals surface area contributed by atoms with Crippen molar-refractivity contribution in [1.29, 1.82) is 0 Å². The quantitative estimate of drug-likeness (QED) is 0.459. The molecule has 6 nitrogen and oxygen atoms in total. The normalized spacial score (nSPS) is 10.7. The molecule has 0 radical (unpaired) electrons. The molecule has 1 aromatic heterocycles. The summed E-state index contributed by atoms with van der Waals surface area (Å²) in [5.74, 6) is -0.997. The zero-order chi connectivity index (χ0) is 18.4. The van der Waals surface area contributed by atoms with Gasteiger partial charge >= 0.3 is 0 Å². The van der Waals surface area contributed by atoms with Crippen molar-refractivity contribution >= 4 is 22.5 Å². The molecule has 1 heterocycles. The van der Waals surface area contributed by atoms with Crippen LogP contribution in [0.1, 0.15) is 56.8 Å². The smallest absolute Gasteiger partial charge is 0.280 e. The number of benzene rings is 1. The summed E-state index contributed by atoms with van der Waals surface area (Å²) in [6.07, 6.45) is 4.06. The van der Waals surface area contributed by atoms with Crippen molar-refractivity contribution in [3.63, 3.8) is 0 Å². The van der Waals surface area contributed by atoms with Crippen molar-refractivity contribution in [1.82, 2.24) is 9.99 Å². The van der Waals surface area contributed by atoms with E-state index in [1.54, 1.807) is 36.6 Å². The van der Waals surface area contributed by atoms with Gasteiger partial charge in [0.05, 0.1) is 5.52 Å². The van der Waals surface area contributed by atoms with Gasteiger partial charge in [-0.3, -0.25) is 9.59 Å². The molecule has 1 aromatic carbocycles. The number of nitrogens with zero attached hydrogens (tertiary/aromatic N) is 2. The predicted octanol–water partition coefficient (Wildman–Crippen LogP) is 3.41. The van der Waals surface area contributed by atoms with Gasteiger partial charge < -0.3 is 9.67 Å². The summed E-state index contributed by atoms with van der Waals surface area (Å²) in [6.45, 7) is 6.09. The Hall–Kier alpha value is -2.63. The second-order valence-electron chi connectivity index (χ2n) is 6.26. The van der Waals surface area contributed by atoms with E-state index in [0.717, 1.165) is 25.7 Å². The van der Waals surface area contributed by atoms with Gasteiger partial charge in [0.2, 0.25) is 0 Å². The van der Waals surface area contributed by atoms with Gasteiger partial charge in [0.1, 0.15) is 11.3 Å². The second kappa shape index (κ2) is 8.46. The minimum atomic E-state index is -0.697. The van der Waals surface area contributed by atoms with Crippen LogP contribution < -0.4 is 11.0 Å². The van der Waals surface area contributed by atoms with E-state index in [4.69, 9.17) is 0 Å². The molecule has 0 fully saturated rings. The summed E-state index contributed by atoms with van der Waals surface area (Å²) < 4.78 is 1.57. The molecule has 0 saturated carbocycles. The van der Waals surface area contributed by atoms with E-state index in [2.05, 4.69) is 17.5 Å². The Balaban J connectivity index is 2.53. The van der Waals surface area contributed by atoms with Crippen molar-refractivity contribution in [3.05, 3.63) is 40.2 Å². The molecule has 2 N–H and O–H groups in total. The first-order valence-electron chi connectivity index (χ1n) is 8.63. The standard InChI is InChI=1S/C19H25N3O3/c1-4-5-6-9-12-22-15-11-8-7-10-14(15)17(23)16(19(22)25)18(24)21-20-13(2)3/h7-8,10-11,23H,4-6,9,12H2,1-3H3,(H,21,24). The van der Waals surface area contributed by atoms with E-state index in [-0.39, 0.29) is 11.3 Å². The zero-order valence-corrected chi connectivity index (χ0v) is 15.0. The first-order chi connectivity index (χ1) is 12.0. The number of pyridine rings is 1. The fourth-order valence-electron chi connectivity index (χ4n) is 2.73. The fourth-order valence-corrected chi connectivity index (χ4v) is 2.73. The van der Waals surface area contributed by atoms with Gasteiger partial charge in [-0.15, -0.1) is 0 Å². The summed E-state index contributed by atoms with van der Waals surface area (Å²) in [5, 5.41) is 14.8. The first-order valence-corrected chi connectivity index (χ1v) is 8.63. The SMILES string of the molecule is CCCCCCn1c(=O)c(C(=O)NN=C(C)C)c(O)c2ccccc21. The minimum Gasteiger partial charge on any atom is -0.506 e. The average Bonchev–Trinajstić information content (AvgIpc) is 2.59. The van der Waals surface area contributed by atoms with E-state index in [0.29, 0.717) is 23.2 Å². The van der Waals surface area contributed by atoms with Crippen molar-refractivity contribution < 1.29 is 9.90 Å². The molecule has 1 amide bonds. The number of rotatable bonds is 7. The molecule has 0 spiro atoms. The van der Waals surface area contributed by atoms with E-state index in [1.807, 2.05) is 6.07 Å². The number of hydrogen-bond acceptors (Lipinski definition) is 4. The number of amides is 1. The van der Waals surface area contributed by atoms with Crippen molar-refractivity contribution in [2.75, 3.05) is 0 Å². The zero-order valence-electron chi connectivity index (χ0n) is 15.0. The number of nitrogens with one attached hydrogen (secondary N) is 1. The number of aromatic hydroxyl groups is 1. The highest BCUT2D eigenvalue weighted by Crippen LogP contribution is 2.26. The number of fused-ring (bicyclic) bond motifs is 1. The highest BCUT2D eigenvalue weighted by molar-refractivity contribution is 6.02. The molecule has 0 bridgehead atoms. The number of aromatic nitrogens is 1. The van der Waals surface area contributed by atoms with Gasteiger partial charge in [0.15, 0.2) is 0 Å². The number of carbonyl (C=O) groups is 1. The molecule has 0 aliphatic rings. The Kier molecular flexibility index (Phi) is 6.33. The summed E-state index contributed by atoms with van der Waals surface area (Å²) in [7, 11) is 0. The van der Waals surface area contributed by atoms with Crippen LogP contribution in [0.3, 0.4) is 0 Å². The van der Waals surface area contributed by atoms with Crippen LogP contribution in [0.5, 0.6) is 5.75 Å². The molecule has 2 aromatic rings. The van der Waals surface area contributed by atoms with E-state index < -0.39 is 11.5 Å². The van der Waals surface area contributed by atoms with Crippen LogP contribution in [0, 0.1) is 0 Å². The van der Waals surface area contributed by atoms with Gasteiger partial charge in [-0.2, -0.15) is 5.10 Å². The minimum absolute atomic E-state index is 0.265. The summed E-state index contributed by atoms with van der Waals surface area (Å²) >= 11 is 0. The highest BCUT2D eigenvalue weighted by atomic mass is 16.3. The lowest BCUT2D eigenvalue weighted by Crippen LogP contribution is -2.32. The van der Waals surface area contributed by atoms with Crippen LogP contribution in [0.25, 0.3) is 10.9 Å². The molecule has 6 heteroatoms. The molecule has 0 saturated heterocycles. The number of carbonyl (C=O) groups excluding carboxylic acids is 1. The third kappa shape index (κ3) is 4.26. The first kappa shape index (κ1) is 18.7. The maximum absolute atomic E-state index is 12.8. The Morgan fingerprint density at radius 2 is 1.92 bits per heavy atom. The third-order valence-electron chi connectivity index (χ3n) is 3.99. The topological polar surface area (TPSA) is 83.7 Å². The molecule has 0 aliphatic carbocycles. The van der Waals surface area contributed by atoms with Crippen LogP contribution in [0.4, 0.5) is 0 Å². The maximum Gasteiger partial charge on any atom is 0.280 e. The van der Waals surface area contributed by atoms with E-state index in [9.17, 15) is 14.7 Å². The molecule has 0 unspecified atom stereocenters. The Bertz CT molecular complexity index is 849. The van der Waals surface area contributed by atoms with Gasteiger partial charge in [-0.05, 0) is 32.4 Å². The lowest BCUT2D eigenvalue weighted by atomic mass is 10.1. The van der Waals surface area contributed by atoms with Gasteiger partial charge in [0.25, 0.3) is 11.5 Å². The number of hydrazone groups is 1. The molecular formula is C19H25N3O3. The van der Waals surface area contributed by atoms with E-state index in [1.165, 1.54) is 0 Å². The van der Waals surface area contributed by atoms with Crippen molar-refractivity contribution in [2.24, 2.45) is 5.10 Å². The van der Waals surface area contributed by atoms with Crippen LogP contribution in [-0.4, -0.2) is 21.3 Å². The van der Waals surface area contributed by atoms with Crippen LogP contribution in [0.15, 0.2) is 34.2 Å². The molecule has 25 heavy (non-hydrogen) atoms. The molecular weight excluding hydrogens is 318 g/mol. The summed E-state index contributed by atoms with van der Waals surface area (Å²) in [6, 6.07) is 7.07. The molecule has 0 atom stereocenters. The highest BCUT2D eigenvalue weighted by Gasteiger charge is 2.21. The van der Waals surface area contributed by atoms with Gasteiger partial charge in [-0.1, -0.05) is 38.3 Å². The average molecular weight is 343 g/mol. The summed E-state index contributed by atoms with van der Waals surface area (Å²) in [5.41, 5.74) is 2.85. The van der Waals surface area contributed by atoms with Crippen molar-refractivity contribution in [3.8, 4) is 5.75 Å². The van der Waals surface area contributed by atoms with E-state index >= 15 is 0 Å². The summed E-state index contributed by atoms with van der Waals surface area (Å²) in [4.78, 5) is 25.2. The lowest BCUT2D eigenvalue weighted by Gasteiger charge is -2.14. The lowest BCUT2D eigenvalue weighted by molar-refractivity contribution is 0.0950. The second-order valence-corrected chi connectivity index (χ2v) is 6.26. The molecule has 0 aliphatic heterocycles. The third-order valence-corrected chi connectivity index (χ3v) is 3.99. The molecule has 134 valence electrons. The number of para-hydroxylation sites is 1. The molecule has 2 rings (SSSR count). The number of aryl methyl sites for hydroxylation is 1. The Morgan fingerprint density at radius 1 is 1.20 bits per heavy atom. The monoisotopic (exact) mass is 343 g/mol. The fraction of sp³-hybridized carbons (Fsp3) is 0.421. The van der Waals surface area contributed by atoms with Crippen LogP contribution in [-0.2, 0) is 6.54 Å². The maximum atomic E-state index is 12.8. The predicted molar refractivity (Wildman–Crippen MR) is 100 cm³/mol. The van der Waals surface area contributed by atoms with Crippen molar-refractivity contribution in [2.45, 2.75) is 53.0 Å². The van der Waals surface area contributed by atoms with Crippen LogP contribution >= 0.6 is 0 Å². The number of hydrogen-bond donors (Lipinski definition) is 2.